The van der Waals surface area contributed by atoms with Crippen molar-refractivity contribution in [2.45, 2.75) is 13.3 Å². The van der Waals surface area contributed by atoms with Crippen molar-refractivity contribution in [2.75, 3.05) is 5.73 Å². The Morgan fingerprint density at radius 3 is 2.56 bits per heavy atom. The summed E-state index contributed by atoms with van der Waals surface area (Å²) < 4.78 is 5.72. The van der Waals surface area contributed by atoms with E-state index in [0.29, 0.717) is 21.5 Å². The summed E-state index contributed by atoms with van der Waals surface area (Å²) in [6.07, 6.45) is 0.952. The molecule has 2 aromatic rings. The largest absolute Gasteiger partial charge is 0.455 e. The van der Waals surface area contributed by atoms with Gasteiger partial charge in [-0.1, -0.05) is 42.3 Å². The highest BCUT2D eigenvalue weighted by Crippen LogP contribution is 2.35. The van der Waals surface area contributed by atoms with Crippen molar-refractivity contribution in [2.24, 2.45) is 0 Å². The number of anilines is 1. The minimum absolute atomic E-state index is 0.420. The summed E-state index contributed by atoms with van der Waals surface area (Å²) in [5.74, 6) is 1.25. The molecule has 4 heteroatoms. The molecule has 0 aliphatic rings. The van der Waals surface area contributed by atoms with Crippen LogP contribution in [0.3, 0.4) is 0 Å². The molecule has 0 bridgehead atoms. The number of hydrogen-bond acceptors (Lipinski definition) is 2. The fourth-order valence-electron chi connectivity index (χ4n) is 1.59. The van der Waals surface area contributed by atoms with Crippen LogP contribution < -0.4 is 10.5 Å². The molecule has 0 unspecified atom stereocenters. The Kier molecular flexibility index (Phi) is 4.00. The van der Waals surface area contributed by atoms with Gasteiger partial charge in [-0.15, -0.1) is 0 Å². The van der Waals surface area contributed by atoms with E-state index in [-0.39, 0.29) is 0 Å². The van der Waals surface area contributed by atoms with E-state index in [9.17, 15) is 0 Å². The zero-order valence-corrected chi connectivity index (χ0v) is 11.4. The Bertz CT molecular complexity index is 570. The van der Waals surface area contributed by atoms with Crippen LogP contribution in [0.4, 0.5) is 5.69 Å². The SMILES string of the molecule is CCc1cccc(Oc2cc(Cl)c(Cl)cc2N)c1. The number of nitrogens with two attached hydrogens (primary N) is 1. The Morgan fingerprint density at radius 2 is 1.83 bits per heavy atom. The molecular weight excluding hydrogens is 269 g/mol. The van der Waals surface area contributed by atoms with Crippen LogP contribution in [-0.2, 0) is 6.42 Å². The van der Waals surface area contributed by atoms with Crippen LogP contribution in [0.5, 0.6) is 11.5 Å². The molecule has 0 fully saturated rings. The van der Waals surface area contributed by atoms with Crippen LogP contribution in [-0.4, -0.2) is 0 Å². The minimum Gasteiger partial charge on any atom is -0.455 e. The molecule has 0 heterocycles. The fourth-order valence-corrected chi connectivity index (χ4v) is 1.91. The Balaban J connectivity index is 2.30. The van der Waals surface area contributed by atoms with Gasteiger partial charge in [-0.05, 0) is 30.2 Å². The average Bonchev–Trinajstić information content (AvgIpc) is 2.36. The zero-order valence-electron chi connectivity index (χ0n) is 9.91. The van der Waals surface area contributed by atoms with E-state index >= 15 is 0 Å². The van der Waals surface area contributed by atoms with Crippen LogP contribution >= 0.6 is 23.2 Å². The molecule has 0 saturated heterocycles. The van der Waals surface area contributed by atoms with E-state index < -0.39 is 0 Å². The number of halogens is 2. The average molecular weight is 282 g/mol. The predicted molar refractivity (Wildman–Crippen MR) is 76.8 cm³/mol. The lowest BCUT2D eigenvalue weighted by atomic mass is 10.2. The monoisotopic (exact) mass is 281 g/mol. The fraction of sp³-hybridized carbons (Fsp3) is 0.143. The smallest absolute Gasteiger partial charge is 0.151 e. The van der Waals surface area contributed by atoms with Gasteiger partial charge in [0.2, 0.25) is 0 Å². The molecule has 0 spiro atoms. The number of nitrogen functional groups attached to an aromatic ring is 1. The summed E-state index contributed by atoms with van der Waals surface area (Å²) in [4.78, 5) is 0. The van der Waals surface area contributed by atoms with Gasteiger partial charge < -0.3 is 10.5 Å². The molecule has 0 atom stereocenters. The minimum atomic E-state index is 0.420. The number of aryl methyl sites for hydroxylation is 1. The van der Waals surface area contributed by atoms with Crippen molar-refractivity contribution >= 4 is 28.9 Å². The van der Waals surface area contributed by atoms with Crippen molar-refractivity contribution in [3.05, 3.63) is 52.0 Å². The van der Waals surface area contributed by atoms with E-state index in [0.717, 1.165) is 12.2 Å². The molecule has 94 valence electrons. The first-order valence-electron chi connectivity index (χ1n) is 5.61. The highest BCUT2D eigenvalue weighted by molar-refractivity contribution is 6.42. The first-order chi connectivity index (χ1) is 8.60. The summed E-state index contributed by atoms with van der Waals surface area (Å²) in [6, 6.07) is 11.1. The summed E-state index contributed by atoms with van der Waals surface area (Å²) in [7, 11) is 0. The van der Waals surface area contributed by atoms with Gasteiger partial charge >= 0.3 is 0 Å². The lowest BCUT2D eigenvalue weighted by Gasteiger charge is -2.10. The number of benzene rings is 2. The normalized spacial score (nSPS) is 10.4. The zero-order chi connectivity index (χ0) is 13.1. The van der Waals surface area contributed by atoms with Gasteiger partial charge in [-0.2, -0.15) is 0 Å². The van der Waals surface area contributed by atoms with Gasteiger partial charge in [0, 0.05) is 6.07 Å². The molecule has 0 aliphatic carbocycles. The predicted octanol–water partition coefficient (Wildman–Crippen LogP) is 4.93. The molecule has 2 rings (SSSR count). The number of hydrogen-bond donors (Lipinski definition) is 1. The second-order valence-corrected chi connectivity index (χ2v) is 4.72. The molecular formula is C14H13Cl2NO. The summed E-state index contributed by atoms with van der Waals surface area (Å²) >= 11 is 11.8. The molecule has 0 amide bonds. The molecule has 2 nitrogen and oxygen atoms in total. The van der Waals surface area contributed by atoms with E-state index in [1.165, 1.54) is 5.56 Å². The Morgan fingerprint density at radius 1 is 1.11 bits per heavy atom. The van der Waals surface area contributed by atoms with Crippen LogP contribution in [0.25, 0.3) is 0 Å². The van der Waals surface area contributed by atoms with Gasteiger partial charge in [0.25, 0.3) is 0 Å². The van der Waals surface area contributed by atoms with Crippen LogP contribution in [0.2, 0.25) is 10.0 Å². The van der Waals surface area contributed by atoms with Gasteiger partial charge in [-0.3, -0.25) is 0 Å². The van der Waals surface area contributed by atoms with Crippen LogP contribution in [0, 0.1) is 0 Å². The van der Waals surface area contributed by atoms with Crippen molar-refractivity contribution < 1.29 is 4.74 Å². The van der Waals surface area contributed by atoms with Gasteiger partial charge in [-0.25, -0.2) is 0 Å². The topological polar surface area (TPSA) is 35.2 Å². The number of ether oxygens (including phenoxy) is 1. The molecule has 0 aliphatic heterocycles. The van der Waals surface area contributed by atoms with Gasteiger partial charge in [0.1, 0.15) is 5.75 Å². The lowest BCUT2D eigenvalue weighted by molar-refractivity contribution is 0.484. The summed E-state index contributed by atoms with van der Waals surface area (Å²) in [5.41, 5.74) is 7.50. The second kappa shape index (κ2) is 5.51. The molecule has 0 saturated carbocycles. The Labute approximate surface area is 116 Å². The van der Waals surface area contributed by atoms with Crippen molar-refractivity contribution in [3.8, 4) is 11.5 Å². The van der Waals surface area contributed by atoms with E-state index in [1.807, 2.05) is 24.3 Å². The third-order valence-corrected chi connectivity index (χ3v) is 3.31. The molecule has 18 heavy (non-hydrogen) atoms. The maximum Gasteiger partial charge on any atom is 0.151 e. The van der Waals surface area contributed by atoms with Crippen molar-refractivity contribution in [1.82, 2.24) is 0 Å². The third-order valence-electron chi connectivity index (χ3n) is 2.59. The molecule has 2 aromatic carbocycles. The van der Waals surface area contributed by atoms with Crippen molar-refractivity contribution in [3.63, 3.8) is 0 Å². The van der Waals surface area contributed by atoms with Gasteiger partial charge in [0.05, 0.1) is 15.7 Å². The van der Waals surface area contributed by atoms with Crippen LogP contribution in [0.1, 0.15) is 12.5 Å². The first-order valence-corrected chi connectivity index (χ1v) is 6.37. The summed E-state index contributed by atoms with van der Waals surface area (Å²) in [5, 5.41) is 0.844. The highest BCUT2D eigenvalue weighted by Gasteiger charge is 2.07. The molecule has 0 aromatic heterocycles. The standard InChI is InChI=1S/C14H13Cl2NO/c1-2-9-4-3-5-10(6-9)18-14-8-12(16)11(15)7-13(14)17/h3-8H,2,17H2,1H3. The number of rotatable bonds is 3. The van der Waals surface area contributed by atoms with Crippen LogP contribution in [0.15, 0.2) is 36.4 Å². The van der Waals surface area contributed by atoms with Gasteiger partial charge in [0.15, 0.2) is 5.75 Å². The maximum absolute atomic E-state index is 5.94. The molecule has 2 N–H and O–H groups in total. The Hall–Kier alpha value is -1.38. The lowest BCUT2D eigenvalue weighted by Crippen LogP contribution is -1.93. The highest BCUT2D eigenvalue weighted by atomic mass is 35.5. The first kappa shape index (κ1) is 13.1. The molecule has 0 radical (unpaired) electrons. The second-order valence-electron chi connectivity index (χ2n) is 3.91. The quantitative estimate of drug-likeness (QED) is 0.810. The van der Waals surface area contributed by atoms with Crippen molar-refractivity contribution in [1.29, 1.82) is 0 Å². The van der Waals surface area contributed by atoms with E-state index in [2.05, 4.69) is 6.92 Å². The maximum atomic E-state index is 5.94. The van der Waals surface area contributed by atoms with E-state index in [1.54, 1.807) is 12.1 Å². The third kappa shape index (κ3) is 2.89. The van der Waals surface area contributed by atoms with E-state index in [4.69, 9.17) is 33.7 Å². The summed E-state index contributed by atoms with van der Waals surface area (Å²) in [6.45, 7) is 2.09.